The topological polar surface area (TPSA) is 66.7 Å². The Hall–Kier alpha value is -0.930. The maximum Gasteiger partial charge on any atom is 0.335 e. The summed E-state index contributed by atoms with van der Waals surface area (Å²) in [4.78, 5) is 19.7. The summed E-state index contributed by atoms with van der Waals surface area (Å²) in [6, 6.07) is 0. The van der Waals surface area contributed by atoms with Gasteiger partial charge in [0.25, 0.3) is 0 Å². The summed E-state index contributed by atoms with van der Waals surface area (Å²) in [5.74, 6) is -1.09. The molecule has 0 aliphatic heterocycles. The lowest BCUT2D eigenvalue weighted by molar-refractivity contribution is -0.139. The van der Waals surface area contributed by atoms with Crippen LogP contribution < -0.4 is 0 Å². The van der Waals surface area contributed by atoms with E-state index in [1.165, 1.54) is 0 Å². The Kier molecular flexibility index (Phi) is 0.829. The van der Waals surface area contributed by atoms with E-state index < -0.39 is 11.5 Å². The summed E-state index contributed by atoms with van der Waals surface area (Å²) in [5.41, 5.74) is -1.22. The van der Waals surface area contributed by atoms with Crippen LogP contribution in [0.5, 0.6) is 0 Å². The third-order valence-electron chi connectivity index (χ3n) is 1.30. The fourth-order valence-electron chi connectivity index (χ4n) is 0.463. The quantitative estimate of drug-likeness (QED) is 0.528. The number of aliphatic carboxylic acids is 1. The minimum Gasteiger partial charge on any atom is -0.479 e. The van der Waals surface area contributed by atoms with Crippen molar-refractivity contribution in [3.05, 3.63) is 4.91 Å². The van der Waals surface area contributed by atoms with Crippen molar-refractivity contribution in [1.29, 1.82) is 0 Å². The van der Waals surface area contributed by atoms with Gasteiger partial charge in [-0.05, 0) is 12.8 Å². The van der Waals surface area contributed by atoms with E-state index in [0.717, 1.165) is 0 Å². The molecule has 0 bridgehead atoms. The predicted molar refractivity (Wildman–Crippen MR) is 25.4 cm³/mol. The summed E-state index contributed by atoms with van der Waals surface area (Å²) in [6.07, 6.45) is 0.817. The molecular weight excluding hydrogens is 110 g/mol. The van der Waals surface area contributed by atoms with Gasteiger partial charge in [0, 0.05) is 0 Å². The molecule has 8 heavy (non-hydrogen) atoms. The van der Waals surface area contributed by atoms with Crippen LogP contribution in [0.1, 0.15) is 12.8 Å². The van der Waals surface area contributed by atoms with E-state index >= 15 is 0 Å². The molecule has 0 amide bonds. The van der Waals surface area contributed by atoms with Crippen LogP contribution in [0.3, 0.4) is 0 Å². The minimum atomic E-state index is -1.22. The normalized spacial score (nSPS) is 22.0. The first-order chi connectivity index (χ1) is 3.71. The molecule has 0 spiro atoms. The standard InChI is InChI=1S/C4H5NO3/c6-3(7)4(5-8)1-2-4/h1-2H2,(H,6,7). The first kappa shape index (κ1) is 5.21. The zero-order chi connectivity index (χ0) is 6.20. The van der Waals surface area contributed by atoms with E-state index in [9.17, 15) is 9.70 Å². The van der Waals surface area contributed by atoms with Crippen LogP contribution in [0, 0.1) is 4.91 Å². The van der Waals surface area contributed by atoms with Crippen molar-refractivity contribution >= 4 is 5.97 Å². The fourth-order valence-corrected chi connectivity index (χ4v) is 0.463. The Labute approximate surface area is 45.5 Å². The number of carbonyl (C=O) groups is 1. The van der Waals surface area contributed by atoms with Gasteiger partial charge in [0.15, 0.2) is 5.54 Å². The van der Waals surface area contributed by atoms with E-state index in [4.69, 9.17) is 5.11 Å². The van der Waals surface area contributed by atoms with Crippen molar-refractivity contribution in [3.8, 4) is 0 Å². The van der Waals surface area contributed by atoms with Gasteiger partial charge in [-0.25, -0.2) is 4.79 Å². The Bertz CT molecular complexity index is 138. The largest absolute Gasteiger partial charge is 0.479 e. The van der Waals surface area contributed by atoms with E-state index in [1.54, 1.807) is 0 Å². The molecule has 0 aromatic carbocycles. The Balaban J connectivity index is 2.66. The van der Waals surface area contributed by atoms with Crippen molar-refractivity contribution in [2.75, 3.05) is 0 Å². The van der Waals surface area contributed by atoms with E-state index in [2.05, 4.69) is 5.18 Å². The monoisotopic (exact) mass is 115 g/mol. The number of rotatable bonds is 2. The van der Waals surface area contributed by atoms with Gasteiger partial charge in [0.05, 0.1) is 0 Å². The lowest BCUT2D eigenvalue weighted by Crippen LogP contribution is -2.17. The predicted octanol–water partition coefficient (Wildman–Crippen LogP) is 0.370. The SMILES string of the molecule is O=NC1(C(=O)O)CC1. The van der Waals surface area contributed by atoms with E-state index in [-0.39, 0.29) is 0 Å². The molecule has 0 saturated heterocycles. The van der Waals surface area contributed by atoms with Gasteiger partial charge in [-0.15, -0.1) is 4.91 Å². The molecule has 1 fully saturated rings. The Morgan fingerprint density at radius 2 is 2.12 bits per heavy atom. The number of hydrogen-bond donors (Lipinski definition) is 1. The van der Waals surface area contributed by atoms with Crippen LogP contribution >= 0.6 is 0 Å². The molecule has 0 heterocycles. The summed E-state index contributed by atoms with van der Waals surface area (Å²) in [5, 5.41) is 10.7. The van der Waals surface area contributed by atoms with Crippen LogP contribution in [-0.4, -0.2) is 16.6 Å². The highest BCUT2D eigenvalue weighted by Gasteiger charge is 2.52. The molecule has 44 valence electrons. The van der Waals surface area contributed by atoms with Crippen LogP contribution in [-0.2, 0) is 4.79 Å². The van der Waals surface area contributed by atoms with E-state index in [0.29, 0.717) is 12.8 Å². The van der Waals surface area contributed by atoms with Gasteiger partial charge in [-0.3, -0.25) is 0 Å². The molecule has 1 aliphatic rings. The fraction of sp³-hybridized carbons (Fsp3) is 0.750. The Morgan fingerprint density at radius 1 is 1.62 bits per heavy atom. The maximum absolute atomic E-state index is 10.0. The molecule has 1 aliphatic carbocycles. The summed E-state index contributed by atoms with van der Waals surface area (Å²) >= 11 is 0. The summed E-state index contributed by atoms with van der Waals surface area (Å²) in [7, 11) is 0. The van der Waals surface area contributed by atoms with Crippen molar-refractivity contribution in [2.24, 2.45) is 5.18 Å². The van der Waals surface area contributed by atoms with Gasteiger partial charge in [0.2, 0.25) is 0 Å². The first-order valence-corrected chi connectivity index (χ1v) is 2.29. The number of nitrogens with zero attached hydrogens (tertiary/aromatic N) is 1. The second-order valence-corrected chi connectivity index (χ2v) is 1.93. The lowest BCUT2D eigenvalue weighted by atomic mass is 10.3. The van der Waals surface area contributed by atoms with Crippen LogP contribution in [0.2, 0.25) is 0 Å². The maximum atomic E-state index is 10.0. The van der Waals surface area contributed by atoms with Crippen molar-refractivity contribution in [3.63, 3.8) is 0 Å². The smallest absolute Gasteiger partial charge is 0.335 e. The molecule has 0 radical (unpaired) electrons. The van der Waals surface area contributed by atoms with Crippen LogP contribution in [0.4, 0.5) is 0 Å². The van der Waals surface area contributed by atoms with Gasteiger partial charge >= 0.3 is 5.97 Å². The highest BCUT2D eigenvalue weighted by atomic mass is 16.4. The molecule has 1 N–H and O–H groups in total. The third-order valence-corrected chi connectivity index (χ3v) is 1.30. The highest BCUT2D eigenvalue weighted by Crippen LogP contribution is 2.39. The molecule has 0 aromatic rings. The van der Waals surface area contributed by atoms with Crippen molar-refractivity contribution in [2.45, 2.75) is 18.4 Å². The Morgan fingerprint density at radius 3 is 2.12 bits per heavy atom. The number of carboxylic acids is 1. The molecule has 1 saturated carbocycles. The number of nitroso groups, excluding NO2 is 1. The second kappa shape index (κ2) is 1.27. The molecule has 4 heteroatoms. The molecule has 0 unspecified atom stereocenters. The van der Waals surface area contributed by atoms with Crippen molar-refractivity contribution in [1.82, 2.24) is 0 Å². The zero-order valence-corrected chi connectivity index (χ0v) is 4.13. The average molecular weight is 115 g/mol. The zero-order valence-electron chi connectivity index (χ0n) is 4.13. The van der Waals surface area contributed by atoms with Gasteiger partial charge < -0.3 is 5.11 Å². The average Bonchev–Trinajstić information content (AvgIpc) is 2.44. The molecule has 0 aromatic heterocycles. The summed E-state index contributed by atoms with van der Waals surface area (Å²) < 4.78 is 0. The molecular formula is C4H5NO3. The molecule has 4 nitrogen and oxygen atoms in total. The highest BCUT2D eigenvalue weighted by molar-refractivity contribution is 5.82. The third kappa shape index (κ3) is 0.492. The van der Waals surface area contributed by atoms with Gasteiger partial charge in [-0.2, -0.15) is 0 Å². The van der Waals surface area contributed by atoms with Crippen LogP contribution in [0.15, 0.2) is 5.18 Å². The van der Waals surface area contributed by atoms with Gasteiger partial charge in [0.1, 0.15) is 0 Å². The molecule has 0 atom stereocenters. The lowest BCUT2D eigenvalue weighted by Gasteiger charge is -1.92. The van der Waals surface area contributed by atoms with Crippen LogP contribution in [0.25, 0.3) is 0 Å². The second-order valence-electron chi connectivity index (χ2n) is 1.93. The molecule has 1 rings (SSSR count). The van der Waals surface area contributed by atoms with Gasteiger partial charge in [-0.1, -0.05) is 5.18 Å². The first-order valence-electron chi connectivity index (χ1n) is 2.29. The number of carboxylic acid groups (broad SMARTS) is 1. The minimum absolute atomic E-state index is 0.409. The van der Waals surface area contributed by atoms with Crippen molar-refractivity contribution < 1.29 is 9.90 Å². The number of hydrogen-bond acceptors (Lipinski definition) is 3. The van der Waals surface area contributed by atoms with E-state index in [1.807, 2.05) is 0 Å². The summed E-state index contributed by atoms with van der Waals surface area (Å²) in [6.45, 7) is 0.